The molecule has 1 fully saturated rings. The fourth-order valence-electron chi connectivity index (χ4n) is 4.77. The smallest absolute Gasteiger partial charge is 0.262 e. The van der Waals surface area contributed by atoms with E-state index in [1.165, 1.54) is 11.1 Å². The lowest BCUT2D eigenvalue weighted by Gasteiger charge is -2.32. The molecule has 198 valence electrons. The van der Waals surface area contributed by atoms with Crippen LogP contribution in [0.4, 0.5) is 0 Å². The van der Waals surface area contributed by atoms with E-state index in [0.29, 0.717) is 31.1 Å². The molecule has 0 spiro atoms. The number of carbonyl (C=O) groups excluding carboxylic acids is 2. The molecule has 2 amide bonds. The van der Waals surface area contributed by atoms with Gasteiger partial charge in [0, 0.05) is 26.0 Å². The van der Waals surface area contributed by atoms with Gasteiger partial charge in [-0.05, 0) is 67.1 Å². The zero-order valence-electron chi connectivity index (χ0n) is 22.5. The van der Waals surface area contributed by atoms with Crippen molar-refractivity contribution in [1.29, 1.82) is 0 Å². The molecule has 1 aliphatic heterocycles. The van der Waals surface area contributed by atoms with Crippen LogP contribution in [0.25, 0.3) is 0 Å². The molecule has 0 radical (unpaired) electrons. The molecular formula is C29H37N3O5. The van der Waals surface area contributed by atoms with Gasteiger partial charge in [0.2, 0.25) is 5.91 Å². The number of ether oxygens (including phenoxy) is 3. The van der Waals surface area contributed by atoms with E-state index in [1.807, 2.05) is 24.3 Å². The van der Waals surface area contributed by atoms with Crippen LogP contribution in [-0.2, 0) is 14.3 Å². The van der Waals surface area contributed by atoms with Gasteiger partial charge >= 0.3 is 0 Å². The molecule has 37 heavy (non-hydrogen) atoms. The number of amides is 2. The van der Waals surface area contributed by atoms with Crippen LogP contribution in [0.15, 0.2) is 41.5 Å². The Bertz CT molecular complexity index is 1170. The lowest BCUT2D eigenvalue weighted by Crippen LogP contribution is -2.46. The van der Waals surface area contributed by atoms with Crippen LogP contribution in [0.3, 0.4) is 0 Å². The van der Waals surface area contributed by atoms with Crippen LogP contribution in [0.1, 0.15) is 54.0 Å². The fourth-order valence-corrected chi connectivity index (χ4v) is 4.77. The maximum Gasteiger partial charge on any atom is 0.262 e. The summed E-state index contributed by atoms with van der Waals surface area (Å²) in [6.45, 7) is 4.86. The molecule has 0 N–H and O–H groups in total. The second kappa shape index (κ2) is 11.8. The maximum atomic E-state index is 13.7. The highest BCUT2D eigenvalue weighted by Crippen LogP contribution is 2.38. The third-order valence-electron chi connectivity index (χ3n) is 7.46. The van der Waals surface area contributed by atoms with E-state index in [1.54, 1.807) is 31.2 Å². The van der Waals surface area contributed by atoms with E-state index >= 15 is 0 Å². The van der Waals surface area contributed by atoms with Crippen molar-refractivity contribution >= 4 is 17.5 Å². The van der Waals surface area contributed by atoms with Crippen LogP contribution >= 0.6 is 0 Å². The topological polar surface area (TPSA) is 80.7 Å². The molecule has 0 aromatic heterocycles. The number of hydrogen-bond acceptors (Lipinski definition) is 6. The predicted molar refractivity (Wildman–Crippen MR) is 142 cm³/mol. The average molecular weight is 508 g/mol. The normalized spacial score (nSPS) is 17.3. The highest BCUT2D eigenvalue weighted by atomic mass is 16.5. The van der Waals surface area contributed by atoms with E-state index in [4.69, 9.17) is 19.3 Å². The third kappa shape index (κ3) is 5.80. The van der Waals surface area contributed by atoms with Gasteiger partial charge in [-0.15, -0.1) is 0 Å². The Labute approximate surface area is 219 Å². The van der Waals surface area contributed by atoms with Crippen molar-refractivity contribution in [3.63, 3.8) is 0 Å². The fraction of sp³-hybridized carbons (Fsp3) is 0.483. The van der Waals surface area contributed by atoms with Crippen LogP contribution in [-0.4, -0.2) is 68.5 Å². The van der Waals surface area contributed by atoms with E-state index in [2.05, 4.69) is 26.0 Å². The average Bonchev–Trinajstić information content (AvgIpc) is 3.32. The number of hydrogen-bond donors (Lipinski definition) is 0. The lowest BCUT2D eigenvalue weighted by atomic mass is 9.84. The quantitative estimate of drug-likeness (QED) is 0.480. The Morgan fingerprint density at radius 2 is 1.76 bits per heavy atom. The Balaban J connectivity index is 1.65. The summed E-state index contributed by atoms with van der Waals surface area (Å²) in [5.74, 6) is 1.02. The molecule has 8 heteroatoms. The molecule has 1 aliphatic carbocycles. The summed E-state index contributed by atoms with van der Waals surface area (Å²) in [5, 5.41) is 6.36. The standard InChI is InChI=1S/C29H37N3O5/c1-19-9-10-22(15-20(19)2)24-17-25(23-11-12-26(36-4)27(16-23)37-5)32(30-24)28(33)18-31(13-14-35-3)29(34)21-7-6-8-21/h9-12,15-16,21,25H,6-8,13-14,17-18H2,1-5H3/t25-/m1/s1. The molecule has 1 saturated carbocycles. The maximum absolute atomic E-state index is 13.7. The highest BCUT2D eigenvalue weighted by Gasteiger charge is 2.36. The van der Waals surface area contributed by atoms with Gasteiger partial charge in [0.15, 0.2) is 11.5 Å². The Hall–Kier alpha value is -3.39. The number of methoxy groups -OCH3 is 3. The zero-order valence-corrected chi connectivity index (χ0v) is 22.5. The van der Waals surface area contributed by atoms with Crippen molar-refractivity contribution in [1.82, 2.24) is 9.91 Å². The third-order valence-corrected chi connectivity index (χ3v) is 7.46. The largest absolute Gasteiger partial charge is 0.493 e. The Morgan fingerprint density at radius 3 is 2.38 bits per heavy atom. The second-order valence-corrected chi connectivity index (χ2v) is 9.80. The molecule has 2 aromatic carbocycles. The van der Waals surface area contributed by atoms with Crippen molar-refractivity contribution in [3.8, 4) is 11.5 Å². The summed E-state index contributed by atoms with van der Waals surface area (Å²) in [6.07, 6.45) is 3.37. The second-order valence-electron chi connectivity index (χ2n) is 9.80. The number of carbonyl (C=O) groups is 2. The van der Waals surface area contributed by atoms with Gasteiger partial charge in [0.05, 0.1) is 32.6 Å². The van der Waals surface area contributed by atoms with Gasteiger partial charge in [-0.2, -0.15) is 5.10 Å². The van der Waals surface area contributed by atoms with Gasteiger partial charge in [-0.25, -0.2) is 5.01 Å². The van der Waals surface area contributed by atoms with E-state index in [0.717, 1.165) is 36.1 Å². The van der Waals surface area contributed by atoms with Crippen molar-refractivity contribution in [2.24, 2.45) is 11.0 Å². The molecule has 2 aliphatic rings. The van der Waals surface area contributed by atoms with Crippen LogP contribution in [0.5, 0.6) is 11.5 Å². The molecule has 8 nitrogen and oxygen atoms in total. The minimum Gasteiger partial charge on any atom is -0.493 e. The first kappa shape index (κ1) is 26.7. The summed E-state index contributed by atoms with van der Waals surface area (Å²) in [6, 6.07) is 11.6. The Kier molecular flexibility index (Phi) is 8.48. The van der Waals surface area contributed by atoms with Gasteiger partial charge < -0.3 is 19.1 Å². The number of aryl methyl sites for hydroxylation is 2. The molecule has 0 saturated heterocycles. The molecule has 0 unspecified atom stereocenters. The van der Waals surface area contributed by atoms with E-state index in [9.17, 15) is 9.59 Å². The van der Waals surface area contributed by atoms with Crippen molar-refractivity contribution in [2.75, 3.05) is 41.0 Å². The van der Waals surface area contributed by atoms with Crippen LogP contribution in [0.2, 0.25) is 0 Å². The summed E-state index contributed by atoms with van der Waals surface area (Å²) in [4.78, 5) is 28.4. The highest BCUT2D eigenvalue weighted by molar-refractivity contribution is 6.03. The molecule has 1 atom stereocenters. The first-order chi connectivity index (χ1) is 17.9. The van der Waals surface area contributed by atoms with Crippen molar-refractivity contribution < 1.29 is 23.8 Å². The number of rotatable bonds is 10. The molecule has 0 bridgehead atoms. The SMILES string of the molecule is COCCN(CC(=O)N1N=C(c2ccc(C)c(C)c2)C[C@@H]1c1ccc(OC)c(OC)c1)C(=O)C1CCC1. The molecular weight excluding hydrogens is 470 g/mol. The van der Waals surface area contributed by atoms with Crippen molar-refractivity contribution in [2.45, 2.75) is 45.6 Å². The van der Waals surface area contributed by atoms with Gasteiger partial charge in [0.25, 0.3) is 5.91 Å². The first-order valence-corrected chi connectivity index (χ1v) is 12.8. The Morgan fingerprint density at radius 1 is 1.00 bits per heavy atom. The van der Waals surface area contributed by atoms with Crippen molar-refractivity contribution in [3.05, 3.63) is 58.7 Å². The molecule has 1 heterocycles. The number of hydrazone groups is 1. The summed E-state index contributed by atoms with van der Waals surface area (Å²) in [5.41, 5.74) is 5.09. The monoisotopic (exact) mass is 507 g/mol. The zero-order chi connectivity index (χ0) is 26.5. The number of benzene rings is 2. The van der Waals surface area contributed by atoms with Gasteiger partial charge in [-0.3, -0.25) is 9.59 Å². The van der Waals surface area contributed by atoms with Gasteiger partial charge in [0.1, 0.15) is 6.54 Å². The van der Waals surface area contributed by atoms with Gasteiger partial charge in [-0.1, -0.05) is 24.6 Å². The predicted octanol–water partition coefficient (Wildman–Crippen LogP) is 4.27. The van der Waals surface area contributed by atoms with E-state index < -0.39 is 0 Å². The molecule has 2 aromatic rings. The summed E-state index contributed by atoms with van der Waals surface area (Å²) >= 11 is 0. The first-order valence-electron chi connectivity index (χ1n) is 12.8. The van der Waals surface area contributed by atoms with E-state index in [-0.39, 0.29) is 30.3 Å². The minimum absolute atomic E-state index is 0.000485. The lowest BCUT2D eigenvalue weighted by molar-refractivity contribution is -0.146. The van der Waals surface area contributed by atoms with Crippen LogP contribution in [0, 0.1) is 19.8 Å². The summed E-state index contributed by atoms with van der Waals surface area (Å²) < 4.78 is 16.2. The molecule has 4 rings (SSSR count). The summed E-state index contributed by atoms with van der Waals surface area (Å²) in [7, 11) is 4.79. The van der Waals surface area contributed by atoms with Crippen LogP contribution < -0.4 is 9.47 Å². The minimum atomic E-state index is -0.327. The number of nitrogens with zero attached hydrogens (tertiary/aromatic N) is 3.